The fraction of sp³-hybridized carbons (Fsp3) is 0.409. The van der Waals surface area contributed by atoms with Gasteiger partial charge < -0.3 is 4.90 Å². The first-order chi connectivity index (χ1) is 13.4. The molecule has 5 nitrogen and oxygen atoms in total. The molecule has 0 saturated heterocycles. The molecular formula is C22H26N2O3S. The second-order valence-corrected chi connectivity index (χ2v) is 9.42. The van der Waals surface area contributed by atoms with Gasteiger partial charge in [-0.1, -0.05) is 25.5 Å². The Morgan fingerprint density at radius 1 is 1.18 bits per heavy atom. The highest BCUT2D eigenvalue weighted by molar-refractivity contribution is 7.92. The molecule has 0 aromatic heterocycles. The van der Waals surface area contributed by atoms with Crippen molar-refractivity contribution in [2.24, 2.45) is 0 Å². The molecule has 6 heteroatoms. The van der Waals surface area contributed by atoms with Gasteiger partial charge in [0.2, 0.25) is 5.91 Å². The molecule has 0 unspecified atom stereocenters. The minimum absolute atomic E-state index is 0.0705. The molecule has 148 valence electrons. The number of benzene rings is 2. The van der Waals surface area contributed by atoms with Crippen LogP contribution in [0.5, 0.6) is 0 Å². The van der Waals surface area contributed by atoms with Crippen LogP contribution in [0.3, 0.4) is 0 Å². The van der Waals surface area contributed by atoms with Gasteiger partial charge in [0.1, 0.15) is 0 Å². The summed E-state index contributed by atoms with van der Waals surface area (Å²) in [7, 11) is -3.71. The number of aryl methyl sites for hydroxylation is 2. The first kappa shape index (κ1) is 19.0. The summed E-state index contributed by atoms with van der Waals surface area (Å²) in [6.45, 7) is 4.73. The largest absolute Gasteiger partial charge is 0.311 e. The second-order valence-electron chi connectivity index (χ2n) is 7.74. The van der Waals surface area contributed by atoms with E-state index >= 15 is 0 Å². The lowest BCUT2D eigenvalue weighted by molar-refractivity contribution is -0.119. The van der Waals surface area contributed by atoms with Crippen molar-refractivity contribution in [1.82, 2.24) is 0 Å². The third kappa shape index (κ3) is 3.30. The number of unbranched alkanes of at least 4 members (excludes halogenated alkanes) is 1. The highest BCUT2D eigenvalue weighted by Gasteiger charge is 2.38. The van der Waals surface area contributed by atoms with E-state index in [9.17, 15) is 13.2 Å². The lowest BCUT2D eigenvalue weighted by atomic mass is 9.97. The van der Waals surface area contributed by atoms with Gasteiger partial charge >= 0.3 is 0 Å². The van der Waals surface area contributed by atoms with Crippen LogP contribution < -0.4 is 9.62 Å². The van der Waals surface area contributed by atoms with Gasteiger partial charge in [-0.2, -0.15) is 0 Å². The summed E-state index contributed by atoms with van der Waals surface area (Å²) >= 11 is 0. The highest BCUT2D eigenvalue weighted by Crippen LogP contribution is 2.44. The maximum atomic E-state index is 13.0. The van der Waals surface area contributed by atoms with Crippen LogP contribution in [0.15, 0.2) is 41.3 Å². The van der Waals surface area contributed by atoms with Gasteiger partial charge in [-0.05, 0) is 73.6 Å². The quantitative estimate of drug-likeness (QED) is 0.792. The summed E-state index contributed by atoms with van der Waals surface area (Å²) in [5.41, 5.74) is 4.48. The predicted molar refractivity (Wildman–Crippen MR) is 111 cm³/mol. The number of nitrogens with one attached hydrogen (secondary N) is 1. The topological polar surface area (TPSA) is 66.5 Å². The number of nitrogens with zero attached hydrogens (tertiary/aromatic N) is 1. The summed E-state index contributed by atoms with van der Waals surface area (Å²) in [4.78, 5) is 14.6. The molecule has 2 aliphatic rings. The second kappa shape index (κ2) is 7.24. The van der Waals surface area contributed by atoms with Crippen molar-refractivity contribution in [3.63, 3.8) is 0 Å². The van der Waals surface area contributed by atoms with E-state index in [1.807, 2.05) is 36.1 Å². The van der Waals surface area contributed by atoms with E-state index in [2.05, 4.69) is 11.6 Å². The minimum atomic E-state index is -3.71. The summed E-state index contributed by atoms with van der Waals surface area (Å²) in [5, 5.41) is 0. The van der Waals surface area contributed by atoms with Crippen molar-refractivity contribution in [2.75, 3.05) is 16.2 Å². The van der Waals surface area contributed by atoms with Gasteiger partial charge in [0, 0.05) is 12.2 Å². The normalized spacial score (nSPS) is 18.3. The lowest BCUT2D eigenvalue weighted by Crippen LogP contribution is -2.32. The molecule has 2 heterocycles. The predicted octanol–water partition coefficient (Wildman–Crippen LogP) is 4.23. The molecule has 2 aromatic rings. The number of anilines is 2. The monoisotopic (exact) mass is 398 g/mol. The number of hydrogen-bond donors (Lipinski definition) is 1. The van der Waals surface area contributed by atoms with Crippen LogP contribution in [0.1, 0.15) is 55.7 Å². The summed E-state index contributed by atoms with van der Waals surface area (Å²) < 4.78 is 28.7. The molecule has 4 rings (SSSR count). The molecule has 28 heavy (non-hydrogen) atoms. The molecule has 2 aliphatic heterocycles. The average Bonchev–Trinajstić information content (AvgIpc) is 2.94. The van der Waals surface area contributed by atoms with Crippen molar-refractivity contribution in [3.05, 3.63) is 53.1 Å². The molecule has 0 fully saturated rings. The van der Waals surface area contributed by atoms with Crippen LogP contribution in [-0.2, 0) is 27.7 Å². The molecule has 1 N–H and O–H groups in total. The van der Waals surface area contributed by atoms with E-state index in [0.717, 1.165) is 55.5 Å². The van der Waals surface area contributed by atoms with Gasteiger partial charge in [-0.15, -0.1) is 0 Å². The van der Waals surface area contributed by atoms with Crippen LogP contribution in [0.2, 0.25) is 0 Å². The maximum absolute atomic E-state index is 13.0. The van der Waals surface area contributed by atoms with Crippen molar-refractivity contribution >= 4 is 27.3 Å². The van der Waals surface area contributed by atoms with E-state index in [0.29, 0.717) is 5.69 Å². The van der Waals surface area contributed by atoms with Gasteiger partial charge in [0.15, 0.2) is 0 Å². The fourth-order valence-electron chi connectivity index (χ4n) is 4.15. The van der Waals surface area contributed by atoms with Gasteiger partial charge in [-0.3, -0.25) is 9.52 Å². The lowest BCUT2D eigenvalue weighted by Gasteiger charge is -2.26. The van der Waals surface area contributed by atoms with Crippen molar-refractivity contribution in [2.45, 2.75) is 56.8 Å². The van der Waals surface area contributed by atoms with E-state index < -0.39 is 10.0 Å². The Morgan fingerprint density at radius 2 is 1.93 bits per heavy atom. The van der Waals surface area contributed by atoms with Gasteiger partial charge in [0.25, 0.3) is 10.0 Å². The number of rotatable bonds is 6. The summed E-state index contributed by atoms with van der Waals surface area (Å²) in [5.74, 6) is -0.221. The Labute approximate surface area is 166 Å². The number of hydrogen-bond acceptors (Lipinski definition) is 3. The summed E-state index contributed by atoms with van der Waals surface area (Å²) in [6, 6.07) is 11.0. The SMILES string of the molecule is CCCCc1ccc(NS(=O)(=O)c2cc3c4c(c2)[C@@H](C)C(=O)N4CCC3)cc1. The number of carbonyl (C=O) groups excluding carboxylic acids is 1. The van der Waals surface area contributed by atoms with Crippen molar-refractivity contribution < 1.29 is 13.2 Å². The first-order valence-electron chi connectivity index (χ1n) is 10.0. The number of carbonyl (C=O) groups is 1. The summed E-state index contributed by atoms with van der Waals surface area (Å²) in [6.07, 6.45) is 4.92. The van der Waals surface area contributed by atoms with E-state index in [-0.39, 0.29) is 16.7 Å². The van der Waals surface area contributed by atoms with Crippen LogP contribution >= 0.6 is 0 Å². The molecule has 1 amide bonds. The smallest absolute Gasteiger partial charge is 0.261 e. The van der Waals surface area contributed by atoms with Crippen molar-refractivity contribution in [1.29, 1.82) is 0 Å². The van der Waals surface area contributed by atoms with Gasteiger partial charge in [0.05, 0.1) is 16.5 Å². The third-order valence-electron chi connectivity index (χ3n) is 5.73. The Hall–Kier alpha value is -2.34. The zero-order valence-electron chi connectivity index (χ0n) is 16.4. The molecule has 1 atom stereocenters. The molecule has 2 aromatic carbocycles. The van der Waals surface area contributed by atoms with Crippen molar-refractivity contribution in [3.8, 4) is 0 Å². The third-order valence-corrected chi connectivity index (χ3v) is 7.09. The van der Waals surface area contributed by atoms with E-state index in [4.69, 9.17) is 0 Å². The Balaban J connectivity index is 1.63. The Morgan fingerprint density at radius 3 is 2.64 bits per heavy atom. The molecular weight excluding hydrogens is 372 g/mol. The first-order valence-corrected chi connectivity index (χ1v) is 11.5. The van der Waals surface area contributed by atoms with Crippen LogP contribution in [0.25, 0.3) is 0 Å². The minimum Gasteiger partial charge on any atom is -0.311 e. The molecule has 0 saturated carbocycles. The Kier molecular flexibility index (Phi) is 4.91. The maximum Gasteiger partial charge on any atom is 0.261 e. The number of amides is 1. The standard InChI is InChI=1S/C22H26N2O3S/c1-3-4-6-16-8-10-18(11-9-16)23-28(26,27)19-13-17-7-5-12-24-21(17)20(14-19)15(2)22(24)25/h8-11,13-15,23H,3-7,12H2,1-2H3/t15-/m1/s1. The zero-order chi connectivity index (χ0) is 19.9. The highest BCUT2D eigenvalue weighted by atomic mass is 32.2. The number of sulfonamides is 1. The van der Waals surface area contributed by atoms with Crippen LogP contribution in [0, 0.1) is 0 Å². The van der Waals surface area contributed by atoms with E-state index in [1.165, 1.54) is 5.56 Å². The van der Waals surface area contributed by atoms with E-state index in [1.54, 1.807) is 12.1 Å². The molecule has 0 aliphatic carbocycles. The molecule has 0 spiro atoms. The van der Waals surface area contributed by atoms with Gasteiger partial charge in [-0.25, -0.2) is 8.42 Å². The fourth-order valence-corrected chi connectivity index (χ4v) is 5.30. The average molecular weight is 399 g/mol. The Bertz CT molecular complexity index is 1010. The van der Waals surface area contributed by atoms with Crippen LogP contribution in [0.4, 0.5) is 11.4 Å². The molecule has 0 bridgehead atoms. The van der Waals surface area contributed by atoms with Crippen LogP contribution in [-0.4, -0.2) is 20.9 Å². The molecule has 0 radical (unpaired) electrons. The zero-order valence-corrected chi connectivity index (χ0v) is 17.2.